The van der Waals surface area contributed by atoms with E-state index in [0.29, 0.717) is 28.6 Å². The molecular formula is C14H13NO5S. The van der Waals surface area contributed by atoms with E-state index in [-0.39, 0.29) is 11.7 Å². The van der Waals surface area contributed by atoms with Crippen LogP contribution in [-0.4, -0.2) is 15.2 Å². The van der Waals surface area contributed by atoms with Crippen molar-refractivity contribution in [2.75, 3.05) is 6.79 Å². The quantitative estimate of drug-likeness (QED) is 0.938. The lowest BCUT2D eigenvalue weighted by molar-refractivity contribution is 0.174. The lowest BCUT2D eigenvalue weighted by Crippen LogP contribution is -2.12. The molecular weight excluding hydrogens is 294 g/mol. The van der Waals surface area contributed by atoms with Crippen LogP contribution in [0.5, 0.6) is 23.0 Å². The van der Waals surface area contributed by atoms with Crippen LogP contribution >= 0.6 is 0 Å². The Kier molecular flexibility index (Phi) is 3.23. The van der Waals surface area contributed by atoms with Crippen molar-refractivity contribution in [2.45, 2.75) is 11.8 Å². The number of fused-ring (bicyclic) bond motifs is 1. The SMILES string of the molecule is Cc1cc(S(N)(=O)=O)ccc1Oc1ccc2c(c1)OCO2. The van der Waals surface area contributed by atoms with Gasteiger partial charge in [0.2, 0.25) is 16.8 Å². The van der Waals surface area contributed by atoms with Gasteiger partial charge in [-0.2, -0.15) is 0 Å². The minimum Gasteiger partial charge on any atom is -0.457 e. The molecule has 110 valence electrons. The van der Waals surface area contributed by atoms with Crippen LogP contribution in [0, 0.1) is 6.92 Å². The molecule has 0 saturated heterocycles. The summed E-state index contributed by atoms with van der Waals surface area (Å²) in [6, 6.07) is 9.67. The topological polar surface area (TPSA) is 87.9 Å². The zero-order valence-corrected chi connectivity index (χ0v) is 12.0. The zero-order chi connectivity index (χ0) is 15.0. The maximum atomic E-state index is 11.3. The minimum absolute atomic E-state index is 0.0537. The van der Waals surface area contributed by atoms with E-state index >= 15 is 0 Å². The number of hydrogen-bond donors (Lipinski definition) is 1. The van der Waals surface area contributed by atoms with Gasteiger partial charge in [-0.25, -0.2) is 13.6 Å². The third-order valence-electron chi connectivity index (χ3n) is 3.05. The van der Waals surface area contributed by atoms with Crippen LogP contribution in [0.1, 0.15) is 5.56 Å². The molecule has 0 bridgehead atoms. The molecule has 21 heavy (non-hydrogen) atoms. The van der Waals surface area contributed by atoms with Gasteiger partial charge in [0.15, 0.2) is 11.5 Å². The predicted octanol–water partition coefficient (Wildman–Crippen LogP) is 2.16. The molecule has 1 aliphatic heterocycles. The molecule has 0 radical (unpaired) electrons. The molecule has 6 nitrogen and oxygen atoms in total. The molecule has 2 N–H and O–H groups in total. The fourth-order valence-corrected chi connectivity index (χ4v) is 2.58. The van der Waals surface area contributed by atoms with Crippen molar-refractivity contribution in [1.82, 2.24) is 0 Å². The summed E-state index contributed by atoms with van der Waals surface area (Å²) in [5.74, 6) is 2.40. The largest absolute Gasteiger partial charge is 0.457 e. The van der Waals surface area contributed by atoms with E-state index in [0.717, 1.165) is 0 Å². The van der Waals surface area contributed by atoms with E-state index in [1.807, 2.05) is 0 Å². The van der Waals surface area contributed by atoms with E-state index in [2.05, 4.69) is 0 Å². The molecule has 0 amide bonds. The lowest BCUT2D eigenvalue weighted by Gasteiger charge is -2.10. The molecule has 2 aromatic carbocycles. The van der Waals surface area contributed by atoms with Crippen molar-refractivity contribution in [3.63, 3.8) is 0 Å². The Hall–Kier alpha value is -2.25. The second kappa shape index (κ2) is 4.94. The van der Waals surface area contributed by atoms with Gasteiger partial charge in [0.25, 0.3) is 0 Å². The van der Waals surface area contributed by atoms with Crippen molar-refractivity contribution < 1.29 is 22.6 Å². The standard InChI is InChI=1S/C14H13NO5S/c1-9-6-11(21(15,16)17)3-5-12(9)20-10-2-4-13-14(7-10)19-8-18-13/h2-7H,8H2,1H3,(H2,15,16,17). The zero-order valence-electron chi connectivity index (χ0n) is 11.2. The van der Waals surface area contributed by atoms with Crippen LogP contribution in [0.2, 0.25) is 0 Å². The normalized spacial score (nSPS) is 13.2. The van der Waals surface area contributed by atoms with Gasteiger partial charge in [-0.1, -0.05) is 0 Å². The molecule has 0 atom stereocenters. The summed E-state index contributed by atoms with van der Waals surface area (Å²) < 4.78 is 38.8. The molecule has 0 aromatic heterocycles. The number of aryl methyl sites for hydroxylation is 1. The minimum atomic E-state index is -3.72. The van der Waals surface area contributed by atoms with Gasteiger partial charge < -0.3 is 14.2 Å². The average molecular weight is 307 g/mol. The van der Waals surface area contributed by atoms with E-state index in [1.165, 1.54) is 12.1 Å². The molecule has 0 fully saturated rings. The summed E-state index contributed by atoms with van der Waals surface area (Å²) in [5.41, 5.74) is 0.666. The van der Waals surface area contributed by atoms with Gasteiger partial charge in [-0.15, -0.1) is 0 Å². The molecule has 0 unspecified atom stereocenters. The first kappa shape index (κ1) is 13.7. The second-order valence-corrected chi connectivity index (χ2v) is 6.15. The highest BCUT2D eigenvalue weighted by Gasteiger charge is 2.15. The number of ether oxygens (including phenoxy) is 3. The second-order valence-electron chi connectivity index (χ2n) is 4.59. The predicted molar refractivity (Wildman–Crippen MR) is 75.2 cm³/mol. The number of primary sulfonamides is 1. The summed E-state index contributed by atoms with van der Waals surface area (Å²) >= 11 is 0. The Morgan fingerprint density at radius 2 is 1.86 bits per heavy atom. The third-order valence-corrected chi connectivity index (χ3v) is 3.96. The van der Waals surface area contributed by atoms with Crippen LogP contribution < -0.4 is 19.3 Å². The van der Waals surface area contributed by atoms with Crippen molar-refractivity contribution in [3.8, 4) is 23.0 Å². The Labute approximate surface area is 122 Å². The number of rotatable bonds is 3. The van der Waals surface area contributed by atoms with Crippen molar-refractivity contribution in [1.29, 1.82) is 0 Å². The summed E-state index contributed by atoms with van der Waals surface area (Å²) in [6.45, 7) is 1.94. The molecule has 0 spiro atoms. The number of nitrogens with two attached hydrogens (primary N) is 1. The van der Waals surface area contributed by atoms with E-state index in [1.54, 1.807) is 31.2 Å². The fourth-order valence-electron chi connectivity index (χ4n) is 1.98. The van der Waals surface area contributed by atoms with E-state index in [4.69, 9.17) is 19.3 Å². The van der Waals surface area contributed by atoms with Gasteiger partial charge in [0.05, 0.1) is 4.90 Å². The highest BCUT2D eigenvalue weighted by Crippen LogP contribution is 2.37. The van der Waals surface area contributed by atoms with E-state index in [9.17, 15) is 8.42 Å². The average Bonchev–Trinajstić information content (AvgIpc) is 2.87. The Balaban J connectivity index is 1.88. The van der Waals surface area contributed by atoms with Crippen LogP contribution in [0.4, 0.5) is 0 Å². The fraction of sp³-hybridized carbons (Fsp3) is 0.143. The summed E-state index contributed by atoms with van der Waals surface area (Å²) in [6.07, 6.45) is 0. The van der Waals surface area contributed by atoms with Crippen LogP contribution in [0.25, 0.3) is 0 Å². The van der Waals surface area contributed by atoms with Crippen molar-refractivity contribution >= 4 is 10.0 Å². The lowest BCUT2D eigenvalue weighted by atomic mass is 10.2. The first-order valence-electron chi connectivity index (χ1n) is 6.14. The molecule has 3 rings (SSSR count). The van der Waals surface area contributed by atoms with Crippen LogP contribution in [-0.2, 0) is 10.0 Å². The monoisotopic (exact) mass is 307 g/mol. The van der Waals surface area contributed by atoms with Gasteiger partial charge >= 0.3 is 0 Å². The molecule has 2 aromatic rings. The maximum Gasteiger partial charge on any atom is 0.238 e. The number of benzene rings is 2. The summed E-state index contributed by atoms with van der Waals surface area (Å²) in [4.78, 5) is 0.0537. The van der Waals surface area contributed by atoms with Gasteiger partial charge in [0, 0.05) is 6.07 Å². The first-order chi connectivity index (χ1) is 9.93. The first-order valence-corrected chi connectivity index (χ1v) is 7.69. The van der Waals surface area contributed by atoms with Crippen molar-refractivity contribution in [3.05, 3.63) is 42.0 Å². The Morgan fingerprint density at radius 1 is 1.10 bits per heavy atom. The smallest absolute Gasteiger partial charge is 0.238 e. The van der Waals surface area contributed by atoms with E-state index < -0.39 is 10.0 Å². The Bertz CT molecular complexity index is 801. The number of hydrogen-bond acceptors (Lipinski definition) is 5. The maximum absolute atomic E-state index is 11.3. The molecule has 0 aliphatic carbocycles. The summed E-state index contributed by atoms with van der Waals surface area (Å²) in [7, 11) is -3.72. The van der Waals surface area contributed by atoms with Crippen molar-refractivity contribution in [2.24, 2.45) is 5.14 Å². The van der Waals surface area contributed by atoms with Crippen LogP contribution in [0.3, 0.4) is 0 Å². The highest BCUT2D eigenvalue weighted by atomic mass is 32.2. The molecule has 1 heterocycles. The molecule has 1 aliphatic rings. The highest BCUT2D eigenvalue weighted by molar-refractivity contribution is 7.89. The Morgan fingerprint density at radius 3 is 2.57 bits per heavy atom. The third kappa shape index (κ3) is 2.79. The van der Waals surface area contributed by atoms with Gasteiger partial charge in [-0.05, 0) is 42.8 Å². The van der Waals surface area contributed by atoms with Crippen LogP contribution in [0.15, 0.2) is 41.3 Å². The number of sulfonamides is 1. The summed E-state index contributed by atoms with van der Waals surface area (Å²) in [5, 5.41) is 5.09. The van der Waals surface area contributed by atoms with Gasteiger partial charge in [-0.3, -0.25) is 0 Å². The van der Waals surface area contributed by atoms with Gasteiger partial charge in [0.1, 0.15) is 11.5 Å². The molecule has 7 heteroatoms. The molecule has 0 saturated carbocycles.